The van der Waals surface area contributed by atoms with E-state index in [1.807, 2.05) is 0 Å². The predicted octanol–water partition coefficient (Wildman–Crippen LogP) is 2.10. The quantitative estimate of drug-likeness (QED) is 0.655. The zero-order chi connectivity index (χ0) is 10.3. The molecule has 0 fully saturated rings. The van der Waals surface area contributed by atoms with E-state index in [9.17, 15) is 0 Å². The van der Waals surface area contributed by atoms with Crippen LogP contribution in [0.4, 0.5) is 0 Å². The summed E-state index contributed by atoms with van der Waals surface area (Å²) in [5.41, 5.74) is 0. The van der Waals surface area contributed by atoms with Gasteiger partial charge in [0.1, 0.15) is 0 Å². The summed E-state index contributed by atoms with van der Waals surface area (Å²) >= 11 is 0. The van der Waals surface area contributed by atoms with Crippen molar-refractivity contribution >= 4 is 0 Å². The van der Waals surface area contributed by atoms with E-state index in [2.05, 4.69) is 45.0 Å². The Balaban J connectivity index is 3.83. The van der Waals surface area contributed by atoms with Crippen molar-refractivity contribution in [3.63, 3.8) is 0 Å². The first kappa shape index (κ1) is 12.9. The molecule has 2 nitrogen and oxygen atoms in total. The molecule has 0 aliphatic heterocycles. The van der Waals surface area contributed by atoms with Gasteiger partial charge < -0.3 is 5.32 Å². The van der Waals surface area contributed by atoms with Crippen LogP contribution in [0.15, 0.2) is 0 Å². The van der Waals surface area contributed by atoms with Crippen molar-refractivity contribution in [3.8, 4) is 0 Å². The van der Waals surface area contributed by atoms with E-state index in [0.29, 0.717) is 6.04 Å². The molecule has 1 atom stereocenters. The summed E-state index contributed by atoms with van der Waals surface area (Å²) in [6, 6.07) is 1.39. The summed E-state index contributed by atoms with van der Waals surface area (Å²) in [7, 11) is 2.24. The van der Waals surface area contributed by atoms with Crippen LogP contribution in [-0.2, 0) is 0 Å². The first-order chi connectivity index (χ1) is 6.17. The van der Waals surface area contributed by atoms with Crippen LogP contribution >= 0.6 is 0 Å². The van der Waals surface area contributed by atoms with E-state index in [-0.39, 0.29) is 0 Å². The lowest BCUT2D eigenvalue weighted by Crippen LogP contribution is -2.43. The van der Waals surface area contributed by atoms with Gasteiger partial charge in [-0.05, 0) is 33.4 Å². The molecular weight excluding hydrogens is 160 g/mol. The van der Waals surface area contributed by atoms with Crippen molar-refractivity contribution < 1.29 is 0 Å². The van der Waals surface area contributed by atoms with Gasteiger partial charge >= 0.3 is 0 Å². The molecule has 0 bridgehead atoms. The van der Waals surface area contributed by atoms with Crippen LogP contribution in [-0.4, -0.2) is 37.1 Å². The van der Waals surface area contributed by atoms with Crippen molar-refractivity contribution in [2.75, 3.05) is 20.1 Å². The lowest BCUT2D eigenvalue weighted by molar-refractivity contribution is 0.171. The Morgan fingerprint density at radius 3 is 2.08 bits per heavy atom. The normalized spacial score (nSPS) is 14.1. The molecule has 0 amide bonds. The number of likely N-dealkylation sites (N-methyl/N-ethyl adjacent to an activating group) is 2. The fourth-order valence-electron chi connectivity index (χ4n) is 1.72. The van der Waals surface area contributed by atoms with E-state index in [0.717, 1.165) is 19.1 Å². The molecule has 2 heteroatoms. The molecule has 0 radical (unpaired) electrons. The minimum atomic E-state index is 0.643. The molecule has 0 aromatic heterocycles. The Labute approximate surface area is 83.7 Å². The fourth-order valence-corrected chi connectivity index (χ4v) is 1.72. The number of hydrogen-bond acceptors (Lipinski definition) is 2. The van der Waals surface area contributed by atoms with E-state index in [4.69, 9.17) is 0 Å². The molecular formula is C11H26N2. The highest BCUT2D eigenvalue weighted by molar-refractivity contribution is 4.72. The van der Waals surface area contributed by atoms with Crippen LogP contribution < -0.4 is 5.32 Å². The standard InChI is InChI=1S/C11H26N2/c1-6-11(7-2)13(5)10(4)9-12-8-3/h10-12H,6-9H2,1-5H3. The molecule has 0 rings (SSSR count). The van der Waals surface area contributed by atoms with Crippen molar-refractivity contribution in [1.82, 2.24) is 10.2 Å². The number of rotatable bonds is 7. The lowest BCUT2D eigenvalue weighted by atomic mass is 10.1. The summed E-state index contributed by atoms with van der Waals surface area (Å²) in [6.07, 6.45) is 2.51. The molecule has 80 valence electrons. The smallest absolute Gasteiger partial charge is 0.0192 e. The van der Waals surface area contributed by atoms with E-state index >= 15 is 0 Å². The maximum absolute atomic E-state index is 3.39. The molecule has 1 N–H and O–H groups in total. The first-order valence-electron chi connectivity index (χ1n) is 5.59. The van der Waals surface area contributed by atoms with E-state index < -0.39 is 0 Å². The predicted molar refractivity (Wildman–Crippen MR) is 60.1 cm³/mol. The number of nitrogens with one attached hydrogen (secondary N) is 1. The van der Waals surface area contributed by atoms with Crippen molar-refractivity contribution in [3.05, 3.63) is 0 Å². The van der Waals surface area contributed by atoms with Crippen LogP contribution in [0.3, 0.4) is 0 Å². The molecule has 0 aliphatic carbocycles. The van der Waals surface area contributed by atoms with Gasteiger partial charge in [0.15, 0.2) is 0 Å². The van der Waals surface area contributed by atoms with Gasteiger partial charge in [-0.25, -0.2) is 0 Å². The SMILES string of the molecule is CCNCC(C)N(C)C(CC)CC. The van der Waals surface area contributed by atoms with Gasteiger partial charge in [0.2, 0.25) is 0 Å². The Kier molecular flexibility index (Phi) is 7.29. The largest absolute Gasteiger partial charge is 0.315 e. The van der Waals surface area contributed by atoms with E-state index in [1.54, 1.807) is 0 Å². The highest BCUT2D eigenvalue weighted by Crippen LogP contribution is 2.09. The fraction of sp³-hybridized carbons (Fsp3) is 1.00. The number of hydrogen-bond donors (Lipinski definition) is 1. The second-order valence-electron chi connectivity index (χ2n) is 3.79. The van der Waals surface area contributed by atoms with E-state index in [1.165, 1.54) is 12.8 Å². The van der Waals surface area contributed by atoms with Crippen molar-refractivity contribution in [2.45, 2.75) is 52.6 Å². The summed E-state index contributed by atoms with van der Waals surface area (Å²) in [5, 5.41) is 3.39. The third kappa shape index (κ3) is 4.63. The van der Waals surface area contributed by atoms with Gasteiger partial charge in [-0.15, -0.1) is 0 Å². The summed E-state index contributed by atoms with van der Waals surface area (Å²) in [4.78, 5) is 2.49. The summed E-state index contributed by atoms with van der Waals surface area (Å²) in [5.74, 6) is 0. The maximum Gasteiger partial charge on any atom is 0.0192 e. The van der Waals surface area contributed by atoms with Gasteiger partial charge in [0.25, 0.3) is 0 Å². The molecule has 0 saturated heterocycles. The molecule has 0 aliphatic rings. The van der Waals surface area contributed by atoms with Crippen LogP contribution in [0, 0.1) is 0 Å². The van der Waals surface area contributed by atoms with Crippen LogP contribution in [0.1, 0.15) is 40.5 Å². The zero-order valence-corrected chi connectivity index (χ0v) is 9.93. The average molecular weight is 186 g/mol. The van der Waals surface area contributed by atoms with Gasteiger partial charge in [-0.3, -0.25) is 4.90 Å². The highest BCUT2D eigenvalue weighted by Gasteiger charge is 2.15. The molecule has 13 heavy (non-hydrogen) atoms. The minimum absolute atomic E-state index is 0.643. The molecule has 0 heterocycles. The Morgan fingerprint density at radius 1 is 1.15 bits per heavy atom. The highest BCUT2D eigenvalue weighted by atomic mass is 15.2. The second kappa shape index (κ2) is 7.34. The summed E-state index contributed by atoms with van der Waals surface area (Å²) < 4.78 is 0. The molecule has 0 spiro atoms. The maximum atomic E-state index is 3.39. The lowest BCUT2D eigenvalue weighted by Gasteiger charge is -2.32. The van der Waals surface area contributed by atoms with Crippen molar-refractivity contribution in [2.24, 2.45) is 0 Å². The third-order valence-electron chi connectivity index (χ3n) is 2.90. The van der Waals surface area contributed by atoms with Gasteiger partial charge in [-0.1, -0.05) is 20.8 Å². The Bertz CT molecular complexity index is 111. The molecule has 0 aromatic rings. The monoisotopic (exact) mass is 186 g/mol. The molecule has 0 aromatic carbocycles. The minimum Gasteiger partial charge on any atom is -0.315 e. The zero-order valence-electron chi connectivity index (χ0n) is 9.93. The van der Waals surface area contributed by atoms with Gasteiger partial charge in [-0.2, -0.15) is 0 Å². The van der Waals surface area contributed by atoms with Gasteiger partial charge in [0.05, 0.1) is 0 Å². The van der Waals surface area contributed by atoms with Crippen LogP contribution in [0.5, 0.6) is 0 Å². The van der Waals surface area contributed by atoms with Crippen molar-refractivity contribution in [1.29, 1.82) is 0 Å². The van der Waals surface area contributed by atoms with Gasteiger partial charge in [0, 0.05) is 18.6 Å². The Morgan fingerprint density at radius 2 is 1.69 bits per heavy atom. The van der Waals surface area contributed by atoms with Crippen LogP contribution in [0.25, 0.3) is 0 Å². The third-order valence-corrected chi connectivity index (χ3v) is 2.90. The second-order valence-corrected chi connectivity index (χ2v) is 3.79. The number of nitrogens with zero attached hydrogens (tertiary/aromatic N) is 1. The Hall–Kier alpha value is -0.0800. The first-order valence-corrected chi connectivity index (χ1v) is 5.59. The molecule has 1 unspecified atom stereocenters. The topological polar surface area (TPSA) is 15.3 Å². The summed E-state index contributed by atoms with van der Waals surface area (Å²) in [6.45, 7) is 11.2. The average Bonchev–Trinajstić information content (AvgIpc) is 2.15. The van der Waals surface area contributed by atoms with Crippen LogP contribution in [0.2, 0.25) is 0 Å². The molecule has 0 saturated carbocycles.